The molecule has 3 aromatic rings. The summed E-state index contributed by atoms with van der Waals surface area (Å²) in [5.41, 5.74) is 1.26. The first-order valence-electron chi connectivity index (χ1n) is 6.52. The Labute approximate surface area is 140 Å². The first-order chi connectivity index (χ1) is 11.0. The van der Waals surface area contributed by atoms with Gasteiger partial charge in [-0.2, -0.15) is 0 Å². The number of nitrogens with zero attached hydrogens (tertiary/aromatic N) is 1. The zero-order chi connectivity index (χ0) is 16.4. The molecule has 0 aliphatic heterocycles. The Balaban J connectivity index is 1.81. The molecule has 0 radical (unpaired) electrons. The van der Waals surface area contributed by atoms with E-state index in [0.717, 1.165) is 0 Å². The highest BCUT2D eigenvalue weighted by Gasteiger charge is 2.15. The molecule has 2 aromatic carbocycles. The molecule has 4 nitrogen and oxygen atoms in total. The standard InChI is InChI=1S/C16H9Cl2FN2O2/c17-10-4-5-13(12(18)7-10)20-16(22)15-8-14(21-23-15)9-2-1-3-11(19)6-9/h1-8H,(H,20,22). The van der Waals surface area contributed by atoms with Crippen LogP contribution in [0.3, 0.4) is 0 Å². The van der Waals surface area contributed by atoms with Gasteiger partial charge in [-0.25, -0.2) is 4.39 Å². The van der Waals surface area contributed by atoms with E-state index < -0.39 is 11.7 Å². The lowest BCUT2D eigenvalue weighted by Gasteiger charge is -2.05. The third-order valence-electron chi connectivity index (χ3n) is 3.03. The zero-order valence-corrected chi connectivity index (χ0v) is 13.0. The van der Waals surface area contributed by atoms with Crippen LogP contribution in [0, 0.1) is 5.82 Å². The normalized spacial score (nSPS) is 10.6. The fourth-order valence-corrected chi connectivity index (χ4v) is 2.40. The molecule has 23 heavy (non-hydrogen) atoms. The third kappa shape index (κ3) is 3.52. The van der Waals surface area contributed by atoms with E-state index in [1.54, 1.807) is 24.3 Å². The van der Waals surface area contributed by atoms with E-state index in [0.29, 0.717) is 27.0 Å². The molecule has 0 aliphatic rings. The van der Waals surface area contributed by atoms with Gasteiger partial charge in [-0.15, -0.1) is 0 Å². The molecule has 0 aliphatic carbocycles. The lowest BCUT2D eigenvalue weighted by Crippen LogP contribution is -2.11. The molecule has 1 aromatic heterocycles. The highest BCUT2D eigenvalue weighted by molar-refractivity contribution is 6.36. The molecule has 1 heterocycles. The maximum Gasteiger partial charge on any atom is 0.294 e. The predicted molar refractivity (Wildman–Crippen MR) is 86.3 cm³/mol. The van der Waals surface area contributed by atoms with Gasteiger partial charge in [-0.05, 0) is 30.3 Å². The number of amides is 1. The van der Waals surface area contributed by atoms with E-state index in [2.05, 4.69) is 10.5 Å². The van der Waals surface area contributed by atoms with Crippen molar-refractivity contribution < 1.29 is 13.7 Å². The molecule has 0 fully saturated rings. The van der Waals surface area contributed by atoms with E-state index in [1.807, 2.05) is 0 Å². The van der Waals surface area contributed by atoms with Gasteiger partial charge in [-0.3, -0.25) is 4.79 Å². The van der Waals surface area contributed by atoms with Gasteiger partial charge in [0.25, 0.3) is 5.91 Å². The monoisotopic (exact) mass is 350 g/mol. The average molecular weight is 351 g/mol. The quantitative estimate of drug-likeness (QED) is 0.719. The van der Waals surface area contributed by atoms with Gasteiger partial charge < -0.3 is 9.84 Å². The van der Waals surface area contributed by atoms with Crippen LogP contribution in [0.2, 0.25) is 10.0 Å². The van der Waals surface area contributed by atoms with Crippen LogP contribution < -0.4 is 5.32 Å². The Hall–Kier alpha value is -2.37. The van der Waals surface area contributed by atoms with Crippen LogP contribution in [0.4, 0.5) is 10.1 Å². The number of aromatic nitrogens is 1. The molecule has 0 spiro atoms. The molecular formula is C16H9Cl2FN2O2. The Morgan fingerprint density at radius 3 is 2.70 bits per heavy atom. The minimum Gasteiger partial charge on any atom is -0.350 e. The summed E-state index contributed by atoms with van der Waals surface area (Å²) < 4.78 is 18.2. The molecule has 116 valence electrons. The highest BCUT2D eigenvalue weighted by atomic mass is 35.5. The smallest absolute Gasteiger partial charge is 0.294 e. The lowest BCUT2D eigenvalue weighted by atomic mass is 10.1. The van der Waals surface area contributed by atoms with Gasteiger partial charge in [0.15, 0.2) is 0 Å². The van der Waals surface area contributed by atoms with Crippen molar-refractivity contribution in [1.82, 2.24) is 5.16 Å². The Kier molecular flexibility index (Phi) is 4.32. The molecule has 3 rings (SSSR count). The van der Waals surface area contributed by atoms with Gasteiger partial charge in [0.05, 0.1) is 10.7 Å². The average Bonchev–Trinajstić information content (AvgIpc) is 3.00. The SMILES string of the molecule is O=C(Nc1ccc(Cl)cc1Cl)c1cc(-c2cccc(F)c2)no1. The lowest BCUT2D eigenvalue weighted by molar-refractivity contribution is 0.0988. The molecule has 1 N–H and O–H groups in total. The van der Waals surface area contributed by atoms with Crippen molar-refractivity contribution in [2.75, 3.05) is 5.32 Å². The van der Waals surface area contributed by atoms with E-state index in [4.69, 9.17) is 27.7 Å². The van der Waals surface area contributed by atoms with Gasteiger partial charge >= 0.3 is 0 Å². The maximum absolute atomic E-state index is 13.2. The van der Waals surface area contributed by atoms with Crippen molar-refractivity contribution in [3.05, 3.63) is 70.2 Å². The summed E-state index contributed by atoms with van der Waals surface area (Å²) in [4.78, 5) is 12.2. The minimum atomic E-state index is -0.524. The summed E-state index contributed by atoms with van der Waals surface area (Å²) in [6, 6.07) is 11.9. The van der Waals surface area contributed by atoms with Crippen molar-refractivity contribution >= 4 is 34.8 Å². The number of benzene rings is 2. The second kappa shape index (κ2) is 6.40. The fourth-order valence-electron chi connectivity index (χ4n) is 1.94. The largest absolute Gasteiger partial charge is 0.350 e. The van der Waals surface area contributed by atoms with E-state index in [9.17, 15) is 9.18 Å². The van der Waals surface area contributed by atoms with Crippen LogP contribution in [0.15, 0.2) is 53.1 Å². The number of carbonyl (C=O) groups excluding carboxylic acids is 1. The maximum atomic E-state index is 13.2. The highest BCUT2D eigenvalue weighted by Crippen LogP contribution is 2.26. The minimum absolute atomic E-state index is 0.0183. The van der Waals surface area contributed by atoms with Crippen molar-refractivity contribution in [1.29, 1.82) is 0 Å². The molecule has 0 bridgehead atoms. The van der Waals surface area contributed by atoms with E-state index in [1.165, 1.54) is 24.3 Å². The molecule has 0 unspecified atom stereocenters. The fraction of sp³-hybridized carbons (Fsp3) is 0. The van der Waals surface area contributed by atoms with E-state index >= 15 is 0 Å². The van der Waals surface area contributed by atoms with Gasteiger partial charge in [-0.1, -0.05) is 40.5 Å². The van der Waals surface area contributed by atoms with Gasteiger partial charge in [0.1, 0.15) is 11.5 Å². The number of rotatable bonds is 3. The third-order valence-corrected chi connectivity index (χ3v) is 3.58. The van der Waals surface area contributed by atoms with E-state index in [-0.39, 0.29) is 5.76 Å². The van der Waals surface area contributed by atoms with Crippen LogP contribution in [0.5, 0.6) is 0 Å². The second-order valence-corrected chi connectivity index (χ2v) is 5.51. The Bertz CT molecular complexity index is 880. The Morgan fingerprint density at radius 2 is 1.96 bits per heavy atom. The molecular weight excluding hydrogens is 342 g/mol. The molecule has 0 saturated heterocycles. The summed E-state index contributed by atoms with van der Waals surface area (Å²) in [5, 5.41) is 7.12. The van der Waals surface area contributed by atoms with Crippen molar-refractivity contribution in [2.24, 2.45) is 0 Å². The number of halogens is 3. The van der Waals surface area contributed by atoms with Crippen molar-refractivity contribution in [3.63, 3.8) is 0 Å². The molecule has 0 atom stereocenters. The number of hydrogen-bond donors (Lipinski definition) is 1. The number of anilines is 1. The van der Waals surface area contributed by atoms with Gasteiger partial charge in [0, 0.05) is 16.7 Å². The first kappa shape index (κ1) is 15.5. The van der Waals surface area contributed by atoms with Crippen molar-refractivity contribution in [3.8, 4) is 11.3 Å². The Morgan fingerprint density at radius 1 is 1.13 bits per heavy atom. The summed E-state index contributed by atoms with van der Waals surface area (Å²) in [7, 11) is 0. The zero-order valence-electron chi connectivity index (χ0n) is 11.5. The molecule has 1 amide bonds. The van der Waals surface area contributed by atoms with Crippen LogP contribution in [-0.2, 0) is 0 Å². The van der Waals surface area contributed by atoms with Crippen LogP contribution in [-0.4, -0.2) is 11.1 Å². The summed E-state index contributed by atoms with van der Waals surface area (Å²) in [5.74, 6) is -0.941. The number of nitrogens with one attached hydrogen (secondary N) is 1. The van der Waals surface area contributed by atoms with Crippen LogP contribution >= 0.6 is 23.2 Å². The molecule has 0 saturated carbocycles. The number of hydrogen-bond acceptors (Lipinski definition) is 3. The van der Waals surface area contributed by atoms with Crippen LogP contribution in [0.1, 0.15) is 10.6 Å². The topological polar surface area (TPSA) is 55.1 Å². The van der Waals surface area contributed by atoms with Crippen molar-refractivity contribution in [2.45, 2.75) is 0 Å². The summed E-state index contributed by atoms with van der Waals surface area (Å²) >= 11 is 11.8. The van der Waals surface area contributed by atoms with Crippen LogP contribution in [0.25, 0.3) is 11.3 Å². The summed E-state index contributed by atoms with van der Waals surface area (Å²) in [6.45, 7) is 0. The molecule has 7 heteroatoms. The summed E-state index contributed by atoms with van der Waals surface area (Å²) in [6.07, 6.45) is 0. The predicted octanol–water partition coefficient (Wildman–Crippen LogP) is 5.04. The second-order valence-electron chi connectivity index (χ2n) is 4.67. The first-order valence-corrected chi connectivity index (χ1v) is 7.27. The van der Waals surface area contributed by atoms with Gasteiger partial charge in [0.2, 0.25) is 5.76 Å². The number of carbonyl (C=O) groups is 1.